The normalized spacial score (nSPS) is 21.1. The van der Waals surface area contributed by atoms with E-state index in [1.54, 1.807) is 47.4 Å². The van der Waals surface area contributed by atoms with Crippen molar-refractivity contribution >= 4 is 29.1 Å². The van der Waals surface area contributed by atoms with E-state index in [0.29, 0.717) is 22.1 Å². The number of benzene rings is 2. The maximum Gasteiger partial charge on any atom is 0.295 e. The summed E-state index contributed by atoms with van der Waals surface area (Å²) in [6, 6.07) is 11.2. The Morgan fingerprint density at radius 1 is 1.00 bits per heavy atom. The number of rotatable bonds is 5. The average molecular weight is 456 g/mol. The first kappa shape index (κ1) is 22.2. The third-order valence-corrected chi connectivity index (χ3v) is 6.55. The standard InChI is InChI=1S/C25H26ClNO5/c1-31-18-12-13-20(32-2)19(14-18)23(28)21-22(15-8-10-16(26)11-9-15)27(25(30)24(21)29)17-6-4-3-5-7-17/h8-14,17,22,28H,3-7H2,1-2H3/b23-21+. The van der Waals surface area contributed by atoms with Gasteiger partial charge in [0.1, 0.15) is 17.3 Å². The van der Waals surface area contributed by atoms with E-state index >= 15 is 0 Å². The third-order valence-electron chi connectivity index (χ3n) is 6.30. The molecule has 0 radical (unpaired) electrons. The van der Waals surface area contributed by atoms with Crippen molar-refractivity contribution in [3.05, 3.63) is 64.2 Å². The number of methoxy groups -OCH3 is 2. The van der Waals surface area contributed by atoms with Gasteiger partial charge in [-0.15, -0.1) is 0 Å². The lowest BCUT2D eigenvalue weighted by Crippen LogP contribution is -2.40. The SMILES string of the molecule is COc1ccc(OC)c(/C(O)=C2\C(=O)C(=O)N(C3CCCCC3)C2c2ccc(Cl)cc2)c1. The molecule has 0 aromatic heterocycles. The van der Waals surface area contributed by atoms with Crippen molar-refractivity contribution in [1.82, 2.24) is 4.90 Å². The summed E-state index contributed by atoms with van der Waals surface area (Å²) in [5, 5.41) is 11.9. The summed E-state index contributed by atoms with van der Waals surface area (Å²) in [5.74, 6) is -0.686. The van der Waals surface area contributed by atoms with Gasteiger partial charge in [-0.25, -0.2) is 0 Å². The molecule has 0 bridgehead atoms. The zero-order valence-corrected chi connectivity index (χ0v) is 18.9. The molecule has 1 aliphatic carbocycles. The van der Waals surface area contributed by atoms with Crippen LogP contribution in [0.25, 0.3) is 5.76 Å². The molecule has 6 nitrogen and oxygen atoms in total. The first-order chi connectivity index (χ1) is 15.5. The Morgan fingerprint density at radius 3 is 2.31 bits per heavy atom. The van der Waals surface area contributed by atoms with E-state index in [1.807, 2.05) is 0 Å². The number of hydrogen-bond acceptors (Lipinski definition) is 5. The third kappa shape index (κ3) is 3.95. The Labute approximate surface area is 192 Å². The van der Waals surface area contributed by atoms with Crippen molar-refractivity contribution in [2.75, 3.05) is 14.2 Å². The molecule has 4 rings (SSSR count). The van der Waals surface area contributed by atoms with E-state index in [2.05, 4.69) is 0 Å². The minimum absolute atomic E-state index is 0.0504. The molecule has 1 N–H and O–H groups in total. The van der Waals surface area contributed by atoms with Gasteiger partial charge in [0.15, 0.2) is 0 Å². The highest BCUT2D eigenvalue weighted by atomic mass is 35.5. The second-order valence-corrected chi connectivity index (χ2v) is 8.55. The van der Waals surface area contributed by atoms with Crippen molar-refractivity contribution in [2.24, 2.45) is 0 Å². The molecule has 1 saturated carbocycles. The Hall–Kier alpha value is -2.99. The van der Waals surface area contributed by atoms with Crippen LogP contribution in [0.3, 0.4) is 0 Å². The van der Waals surface area contributed by atoms with E-state index < -0.39 is 17.7 Å². The molecule has 1 unspecified atom stereocenters. The molecule has 32 heavy (non-hydrogen) atoms. The van der Waals surface area contributed by atoms with Gasteiger partial charge in [-0.2, -0.15) is 0 Å². The fraction of sp³-hybridized carbons (Fsp3) is 0.360. The fourth-order valence-electron chi connectivity index (χ4n) is 4.70. The number of carbonyl (C=O) groups excluding carboxylic acids is 2. The first-order valence-electron chi connectivity index (χ1n) is 10.7. The van der Waals surface area contributed by atoms with Crippen molar-refractivity contribution < 1.29 is 24.2 Å². The fourth-order valence-corrected chi connectivity index (χ4v) is 4.83. The second-order valence-electron chi connectivity index (χ2n) is 8.12. The number of aliphatic hydroxyl groups excluding tert-OH is 1. The summed E-state index contributed by atoms with van der Waals surface area (Å²) in [6.07, 6.45) is 4.79. The largest absolute Gasteiger partial charge is 0.507 e. The van der Waals surface area contributed by atoms with E-state index in [-0.39, 0.29) is 17.4 Å². The van der Waals surface area contributed by atoms with Gasteiger partial charge in [0.05, 0.1) is 31.4 Å². The summed E-state index contributed by atoms with van der Waals surface area (Å²) in [5.41, 5.74) is 1.07. The van der Waals surface area contributed by atoms with Gasteiger partial charge in [0.2, 0.25) is 0 Å². The van der Waals surface area contributed by atoms with Crippen molar-refractivity contribution in [3.8, 4) is 11.5 Å². The monoisotopic (exact) mass is 455 g/mol. The van der Waals surface area contributed by atoms with Gasteiger partial charge in [-0.3, -0.25) is 9.59 Å². The van der Waals surface area contributed by atoms with E-state index in [9.17, 15) is 14.7 Å². The van der Waals surface area contributed by atoms with Crippen LogP contribution >= 0.6 is 11.6 Å². The molecule has 2 aliphatic rings. The summed E-state index contributed by atoms with van der Waals surface area (Å²) in [7, 11) is 3.00. The number of likely N-dealkylation sites (tertiary alicyclic amines) is 1. The van der Waals surface area contributed by atoms with Crippen molar-refractivity contribution in [3.63, 3.8) is 0 Å². The number of Topliss-reactive ketones (excluding diaryl/α,β-unsaturated/α-hetero) is 1. The van der Waals surface area contributed by atoms with Crippen molar-refractivity contribution in [2.45, 2.75) is 44.2 Å². The number of carbonyl (C=O) groups is 2. The molecule has 2 aromatic rings. The molecular formula is C25H26ClNO5. The van der Waals surface area contributed by atoms with Gasteiger partial charge >= 0.3 is 0 Å². The van der Waals surface area contributed by atoms with Gasteiger partial charge in [-0.1, -0.05) is 43.0 Å². The minimum Gasteiger partial charge on any atom is -0.507 e. The van der Waals surface area contributed by atoms with Crippen LogP contribution in [-0.2, 0) is 9.59 Å². The quantitative estimate of drug-likeness (QED) is 0.385. The summed E-state index contributed by atoms with van der Waals surface area (Å²) < 4.78 is 10.7. The Balaban J connectivity index is 1.91. The van der Waals surface area contributed by atoms with E-state index in [4.69, 9.17) is 21.1 Å². The predicted molar refractivity (Wildman–Crippen MR) is 122 cm³/mol. The lowest BCUT2D eigenvalue weighted by molar-refractivity contribution is -0.141. The Kier molecular flexibility index (Phi) is 6.42. The van der Waals surface area contributed by atoms with Crippen molar-refractivity contribution in [1.29, 1.82) is 0 Å². The zero-order valence-electron chi connectivity index (χ0n) is 18.1. The summed E-state index contributed by atoms with van der Waals surface area (Å²) in [6.45, 7) is 0. The topological polar surface area (TPSA) is 76.1 Å². The van der Waals surface area contributed by atoms with Gasteiger partial charge in [0.25, 0.3) is 11.7 Å². The number of ether oxygens (including phenoxy) is 2. The molecule has 1 amide bonds. The molecule has 168 valence electrons. The maximum atomic E-state index is 13.3. The molecule has 1 heterocycles. The predicted octanol–water partition coefficient (Wildman–Crippen LogP) is 5.11. The average Bonchev–Trinajstić information content (AvgIpc) is 3.09. The highest BCUT2D eigenvalue weighted by molar-refractivity contribution is 6.46. The molecule has 7 heteroatoms. The van der Waals surface area contributed by atoms with Crippen LogP contribution in [-0.4, -0.2) is 42.0 Å². The van der Waals surface area contributed by atoms with Crippen LogP contribution in [0.2, 0.25) is 5.02 Å². The number of ketones is 1. The first-order valence-corrected chi connectivity index (χ1v) is 11.1. The van der Waals surface area contributed by atoms with E-state index in [0.717, 1.165) is 37.7 Å². The van der Waals surface area contributed by atoms with Crippen LogP contribution in [0, 0.1) is 0 Å². The van der Waals surface area contributed by atoms with Gasteiger partial charge in [0, 0.05) is 11.1 Å². The second kappa shape index (κ2) is 9.25. The molecule has 1 aliphatic heterocycles. The molecule has 0 spiro atoms. The highest BCUT2D eigenvalue weighted by Gasteiger charge is 2.49. The number of nitrogens with zero attached hydrogens (tertiary/aromatic N) is 1. The van der Waals surface area contributed by atoms with Crippen LogP contribution < -0.4 is 9.47 Å². The molecular weight excluding hydrogens is 430 g/mol. The highest BCUT2D eigenvalue weighted by Crippen LogP contribution is 2.44. The summed E-state index contributed by atoms with van der Waals surface area (Å²) in [4.78, 5) is 28.2. The van der Waals surface area contributed by atoms with Crippen LogP contribution in [0.15, 0.2) is 48.0 Å². The molecule has 2 fully saturated rings. The van der Waals surface area contributed by atoms with Crippen LogP contribution in [0.5, 0.6) is 11.5 Å². The molecule has 2 aromatic carbocycles. The Bertz CT molecular complexity index is 1060. The minimum atomic E-state index is -0.703. The van der Waals surface area contributed by atoms with Gasteiger partial charge in [-0.05, 0) is 48.7 Å². The lowest BCUT2D eigenvalue weighted by Gasteiger charge is -2.35. The van der Waals surface area contributed by atoms with E-state index in [1.165, 1.54) is 14.2 Å². The number of hydrogen-bond donors (Lipinski definition) is 1. The lowest BCUT2D eigenvalue weighted by atomic mass is 9.91. The van der Waals surface area contributed by atoms with Crippen LogP contribution in [0.4, 0.5) is 0 Å². The molecule has 1 saturated heterocycles. The Morgan fingerprint density at radius 2 is 1.69 bits per heavy atom. The van der Waals surface area contributed by atoms with Crippen LogP contribution in [0.1, 0.15) is 49.3 Å². The zero-order chi connectivity index (χ0) is 22.8. The smallest absolute Gasteiger partial charge is 0.295 e. The molecule has 1 atom stereocenters. The maximum absolute atomic E-state index is 13.3. The number of amides is 1. The summed E-state index contributed by atoms with van der Waals surface area (Å²) >= 11 is 6.09. The van der Waals surface area contributed by atoms with Gasteiger partial charge < -0.3 is 19.5 Å². The number of halogens is 1. The number of aliphatic hydroxyl groups is 1.